The van der Waals surface area contributed by atoms with Gasteiger partial charge in [-0.25, -0.2) is 4.52 Å². The molecule has 0 saturated heterocycles. The number of aromatic nitrogens is 4. The van der Waals surface area contributed by atoms with Crippen molar-refractivity contribution in [2.24, 2.45) is 0 Å². The Labute approximate surface area is 191 Å². The Kier molecular flexibility index (Phi) is 12.8. The number of hydrogen-bond acceptors (Lipinski definition) is 4. The summed E-state index contributed by atoms with van der Waals surface area (Å²) in [4.78, 5) is 11.9. The summed E-state index contributed by atoms with van der Waals surface area (Å²) in [6.45, 7) is 11.2. The molecule has 0 spiro atoms. The molecule has 2 aromatic carbocycles. The first-order chi connectivity index (χ1) is 15.7. The van der Waals surface area contributed by atoms with Crippen LogP contribution in [0.5, 0.6) is 0 Å². The lowest BCUT2D eigenvalue weighted by molar-refractivity contribution is 0.0949. The molecule has 172 valence electrons. The van der Waals surface area contributed by atoms with Gasteiger partial charge in [0.25, 0.3) is 5.91 Å². The third kappa shape index (κ3) is 8.35. The SMILES string of the molecule is CC.CC.CNCc1ccccc1.Cc1cc2nnc(CNC(=O)c3ccccc3)n2[nH]1. The number of amides is 1. The highest BCUT2D eigenvalue weighted by Crippen LogP contribution is 2.05. The van der Waals surface area contributed by atoms with Gasteiger partial charge in [-0.2, -0.15) is 0 Å². The van der Waals surface area contributed by atoms with Gasteiger partial charge in [0.15, 0.2) is 11.5 Å². The van der Waals surface area contributed by atoms with Gasteiger partial charge < -0.3 is 10.6 Å². The number of fused-ring (bicyclic) bond motifs is 1. The van der Waals surface area contributed by atoms with E-state index in [-0.39, 0.29) is 5.91 Å². The predicted molar refractivity (Wildman–Crippen MR) is 132 cm³/mol. The molecule has 7 nitrogen and oxygen atoms in total. The number of aromatic amines is 1. The molecule has 2 aromatic heterocycles. The van der Waals surface area contributed by atoms with Crippen LogP contribution in [0.3, 0.4) is 0 Å². The lowest BCUT2D eigenvalue weighted by atomic mass is 10.2. The van der Waals surface area contributed by atoms with Crippen molar-refractivity contribution in [3.05, 3.63) is 89.4 Å². The average molecular weight is 437 g/mol. The Morgan fingerprint density at radius 2 is 1.50 bits per heavy atom. The number of rotatable bonds is 5. The van der Waals surface area contributed by atoms with Crippen molar-refractivity contribution in [2.75, 3.05) is 7.05 Å². The fraction of sp³-hybridized carbons (Fsp3) is 0.320. The molecular weight excluding hydrogens is 400 g/mol. The molecule has 0 unspecified atom stereocenters. The van der Waals surface area contributed by atoms with Crippen molar-refractivity contribution < 1.29 is 4.79 Å². The van der Waals surface area contributed by atoms with Crippen molar-refractivity contribution in [2.45, 2.75) is 47.7 Å². The fourth-order valence-corrected chi connectivity index (χ4v) is 2.71. The fourth-order valence-electron chi connectivity index (χ4n) is 2.71. The van der Waals surface area contributed by atoms with Crippen LogP contribution in [0.15, 0.2) is 66.7 Å². The molecule has 0 saturated carbocycles. The Balaban J connectivity index is 0.000000332. The zero-order valence-electron chi connectivity index (χ0n) is 20.0. The number of carbonyl (C=O) groups is 1. The number of hydrogen-bond donors (Lipinski definition) is 3. The van der Waals surface area contributed by atoms with Gasteiger partial charge in [0.1, 0.15) is 0 Å². The van der Waals surface area contributed by atoms with E-state index < -0.39 is 0 Å². The Bertz CT molecular complexity index is 1010. The van der Waals surface area contributed by atoms with E-state index in [2.05, 4.69) is 38.1 Å². The standard InChI is InChI=1S/C13H13N5O.C8H11N.2C2H6/c1-9-7-11-15-16-12(18(11)17-9)8-14-13(19)10-5-3-2-4-6-10;1-9-7-8-5-3-2-4-6-8;2*1-2/h2-7,17H,8H2,1H3,(H,14,19);2-6,9H,7H2,1H3;2*1-2H3. The number of nitrogens with one attached hydrogen (secondary N) is 3. The van der Waals surface area contributed by atoms with E-state index in [0.717, 1.165) is 17.9 Å². The molecule has 0 aliphatic carbocycles. The first-order valence-corrected chi connectivity index (χ1v) is 11.1. The van der Waals surface area contributed by atoms with Crippen LogP contribution in [0.2, 0.25) is 0 Å². The summed E-state index contributed by atoms with van der Waals surface area (Å²) in [7, 11) is 1.95. The first-order valence-electron chi connectivity index (χ1n) is 11.1. The van der Waals surface area contributed by atoms with Crippen LogP contribution in [-0.4, -0.2) is 32.8 Å². The van der Waals surface area contributed by atoms with Crippen molar-refractivity contribution >= 4 is 11.6 Å². The van der Waals surface area contributed by atoms with Crippen molar-refractivity contribution in [3.8, 4) is 0 Å². The lowest BCUT2D eigenvalue weighted by Crippen LogP contribution is -2.24. The summed E-state index contributed by atoms with van der Waals surface area (Å²) in [5, 5.41) is 17.1. The van der Waals surface area contributed by atoms with Crippen LogP contribution in [-0.2, 0) is 13.1 Å². The van der Waals surface area contributed by atoms with E-state index in [1.165, 1.54) is 5.56 Å². The van der Waals surface area contributed by atoms with Crippen LogP contribution < -0.4 is 10.6 Å². The molecule has 2 heterocycles. The smallest absolute Gasteiger partial charge is 0.251 e. The number of H-pyrrole nitrogens is 1. The number of nitrogens with zero attached hydrogens (tertiary/aromatic N) is 3. The molecule has 0 bridgehead atoms. The quantitative estimate of drug-likeness (QED) is 0.421. The minimum Gasteiger partial charge on any atom is -0.345 e. The van der Waals surface area contributed by atoms with E-state index in [1.807, 2.05) is 84.1 Å². The summed E-state index contributed by atoms with van der Waals surface area (Å²) in [5.74, 6) is 0.549. The van der Waals surface area contributed by atoms with Gasteiger partial charge in [-0.15, -0.1) is 10.2 Å². The maximum atomic E-state index is 11.9. The second-order valence-corrected chi connectivity index (χ2v) is 6.31. The van der Waals surface area contributed by atoms with E-state index in [9.17, 15) is 4.79 Å². The highest BCUT2D eigenvalue weighted by atomic mass is 16.1. The molecule has 7 heteroatoms. The minimum atomic E-state index is -0.124. The summed E-state index contributed by atoms with van der Waals surface area (Å²) < 4.78 is 1.76. The van der Waals surface area contributed by atoms with Crippen molar-refractivity contribution in [1.29, 1.82) is 0 Å². The van der Waals surface area contributed by atoms with Crippen LogP contribution in [0, 0.1) is 6.92 Å². The van der Waals surface area contributed by atoms with Gasteiger partial charge in [-0.3, -0.25) is 9.89 Å². The molecule has 0 atom stereocenters. The highest BCUT2D eigenvalue weighted by Gasteiger charge is 2.10. The molecule has 4 aromatic rings. The van der Waals surface area contributed by atoms with Crippen LogP contribution in [0.25, 0.3) is 5.65 Å². The molecule has 3 N–H and O–H groups in total. The number of aryl methyl sites for hydroxylation is 1. The van der Waals surface area contributed by atoms with Gasteiger partial charge in [0.05, 0.1) is 6.54 Å². The average Bonchev–Trinajstić information content (AvgIpc) is 3.41. The van der Waals surface area contributed by atoms with Crippen molar-refractivity contribution in [1.82, 2.24) is 30.4 Å². The Morgan fingerprint density at radius 3 is 2.09 bits per heavy atom. The zero-order chi connectivity index (χ0) is 23.8. The van der Waals surface area contributed by atoms with Gasteiger partial charge in [0, 0.05) is 23.9 Å². The van der Waals surface area contributed by atoms with Gasteiger partial charge in [-0.05, 0) is 31.7 Å². The lowest BCUT2D eigenvalue weighted by Gasteiger charge is -2.03. The largest absolute Gasteiger partial charge is 0.345 e. The van der Waals surface area contributed by atoms with Gasteiger partial charge in [-0.1, -0.05) is 76.2 Å². The first kappa shape index (κ1) is 26.6. The second-order valence-electron chi connectivity index (χ2n) is 6.31. The molecule has 0 fully saturated rings. The molecule has 0 radical (unpaired) electrons. The molecule has 0 aliphatic heterocycles. The summed E-state index contributed by atoms with van der Waals surface area (Å²) in [6.07, 6.45) is 0. The Hall–Kier alpha value is -3.45. The summed E-state index contributed by atoms with van der Waals surface area (Å²) in [5.41, 5.74) is 3.72. The topological polar surface area (TPSA) is 87.1 Å². The highest BCUT2D eigenvalue weighted by molar-refractivity contribution is 5.94. The zero-order valence-corrected chi connectivity index (χ0v) is 20.0. The van der Waals surface area contributed by atoms with E-state index in [4.69, 9.17) is 0 Å². The molecule has 1 amide bonds. The van der Waals surface area contributed by atoms with Gasteiger partial charge >= 0.3 is 0 Å². The van der Waals surface area contributed by atoms with Crippen LogP contribution in [0.4, 0.5) is 0 Å². The van der Waals surface area contributed by atoms with E-state index >= 15 is 0 Å². The molecule has 0 aliphatic rings. The predicted octanol–water partition coefficient (Wildman–Crippen LogP) is 4.75. The number of carbonyl (C=O) groups excluding carboxylic acids is 1. The minimum absolute atomic E-state index is 0.124. The summed E-state index contributed by atoms with van der Waals surface area (Å²) >= 11 is 0. The molecule has 4 rings (SSSR count). The normalized spacial score (nSPS) is 9.44. The van der Waals surface area contributed by atoms with E-state index in [1.54, 1.807) is 16.6 Å². The maximum absolute atomic E-state index is 11.9. The van der Waals surface area contributed by atoms with E-state index in [0.29, 0.717) is 17.9 Å². The maximum Gasteiger partial charge on any atom is 0.251 e. The monoisotopic (exact) mass is 436 g/mol. The Morgan fingerprint density at radius 1 is 0.906 bits per heavy atom. The molecule has 32 heavy (non-hydrogen) atoms. The van der Waals surface area contributed by atoms with Gasteiger partial charge in [0.2, 0.25) is 0 Å². The third-order valence-electron chi connectivity index (χ3n) is 4.06. The third-order valence-corrected chi connectivity index (χ3v) is 4.06. The second kappa shape index (κ2) is 15.4. The number of benzene rings is 2. The van der Waals surface area contributed by atoms with Crippen molar-refractivity contribution in [3.63, 3.8) is 0 Å². The molecular formula is C25H36N6O. The van der Waals surface area contributed by atoms with Crippen LogP contribution in [0.1, 0.15) is 55.1 Å². The van der Waals surface area contributed by atoms with Crippen LogP contribution >= 0.6 is 0 Å². The summed E-state index contributed by atoms with van der Waals surface area (Å²) in [6, 6.07) is 21.3.